The van der Waals surface area contributed by atoms with E-state index in [9.17, 15) is 4.79 Å². The number of carbonyl (C=O) groups is 1. The van der Waals surface area contributed by atoms with Crippen LogP contribution in [0, 0.1) is 0 Å². The van der Waals surface area contributed by atoms with Crippen molar-refractivity contribution in [1.82, 2.24) is 20.3 Å². The lowest BCUT2D eigenvalue weighted by Gasteiger charge is -2.19. The first-order valence-corrected chi connectivity index (χ1v) is 9.39. The summed E-state index contributed by atoms with van der Waals surface area (Å²) in [5, 5.41) is 19.4. The van der Waals surface area contributed by atoms with Crippen LogP contribution in [-0.2, 0) is 14.3 Å². The van der Waals surface area contributed by atoms with Gasteiger partial charge in [-0.25, -0.2) is 14.5 Å². The van der Waals surface area contributed by atoms with Gasteiger partial charge in [0, 0.05) is 12.4 Å². The second-order valence-electron chi connectivity index (χ2n) is 5.65. The summed E-state index contributed by atoms with van der Waals surface area (Å²) in [5.41, 5.74) is 2.13. The predicted molar refractivity (Wildman–Crippen MR) is 103 cm³/mol. The lowest BCUT2D eigenvalue weighted by atomic mass is 10.2. The van der Waals surface area contributed by atoms with Crippen molar-refractivity contribution in [2.75, 3.05) is 44.8 Å². The lowest BCUT2D eigenvalue weighted by molar-refractivity contribution is -0.493. The van der Waals surface area contributed by atoms with Crippen molar-refractivity contribution in [2.45, 2.75) is 0 Å². The number of guanidine groups is 1. The van der Waals surface area contributed by atoms with Crippen LogP contribution in [0.25, 0.3) is 11.0 Å². The fourth-order valence-electron chi connectivity index (χ4n) is 2.50. The van der Waals surface area contributed by atoms with E-state index in [1.54, 1.807) is 12.4 Å². The molecule has 1 aromatic heterocycles. The topological polar surface area (TPSA) is 142 Å². The molecule has 29 heavy (non-hydrogen) atoms. The molecule has 3 N–H and O–H groups in total. The molecular weight excluding hydrogens is 452 g/mol. The molecule has 156 valence electrons. The standard InChI is InChI=1S/C16H19BrN6O6/c17-13-11(1-2-12-14(13)19-4-3-18-12)21-15-20-5-6-22(15)16(24)28-9-7-27-8-10-29-23(25)26/h1-4,25-26H,5-10H2,(H,20,21). The smallest absolute Gasteiger partial charge is 0.416 e. The summed E-state index contributed by atoms with van der Waals surface area (Å²) in [5.74, 6) is 0.374. The van der Waals surface area contributed by atoms with Gasteiger partial charge in [-0.15, -0.1) is 0 Å². The Morgan fingerprint density at radius 1 is 1.21 bits per heavy atom. The summed E-state index contributed by atoms with van der Waals surface area (Å²) in [6.45, 7) is 1.05. The molecular formula is C16H19BrN6O6. The van der Waals surface area contributed by atoms with Crippen molar-refractivity contribution in [3.8, 4) is 0 Å². The molecule has 1 aromatic carbocycles. The summed E-state index contributed by atoms with van der Waals surface area (Å²) in [7, 11) is 0. The molecule has 0 spiro atoms. The van der Waals surface area contributed by atoms with Gasteiger partial charge in [0.1, 0.15) is 12.1 Å². The molecule has 3 rings (SSSR count). The van der Waals surface area contributed by atoms with E-state index in [1.807, 2.05) is 12.1 Å². The van der Waals surface area contributed by atoms with Crippen molar-refractivity contribution >= 4 is 44.7 Å². The number of aromatic nitrogens is 2. The molecule has 0 radical (unpaired) electrons. The van der Waals surface area contributed by atoms with Crippen LogP contribution in [-0.4, -0.2) is 82.2 Å². The van der Waals surface area contributed by atoms with E-state index < -0.39 is 11.5 Å². The number of fused-ring (bicyclic) bond motifs is 1. The normalized spacial score (nSPS) is 13.8. The van der Waals surface area contributed by atoms with Gasteiger partial charge in [-0.05, 0) is 28.1 Å². The molecule has 0 bridgehead atoms. The van der Waals surface area contributed by atoms with Gasteiger partial charge in [0.2, 0.25) is 5.96 Å². The van der Waals surface area contributed by atoms with Gasteiger partial charge in [0.15, 0.2) is 0 Å². The Morgan fingerprint density at radius 3 is 2.83 bits per heavy atom. The Balaban J connectivity index is 1.50. The van der Waals surface area contributed by atoms with Crippen LogP contribution in [0.5, 0.6) is 0 Å². The fourth-order valence-corrected chi connectivity index (χ4v) is 3.03. The summed E-state index contributed by atoms with van der Waals surface area (Å²) in [6.07, 6.45) is 2.67. The minimum absolute atomic E-state index is 0.0276. The van der Waals surface area contributed by atoms with Crippen LogP contribution in [0.1, 0.15) is 0 Å². The Morgan fingerprint density at radius 2 is 2.00 bits per heavy atom. The third kappa shape index (κ3) is 5.79. The van der Waals surface area contributed by atoms with Crippen LogP contribution < -0.4 is 5.32 Å². The number of nitrogens with zero attached hydrogens (tertiary/aromatic N) is 5. The molecule has 0 aliphatic carbocycles. The molecule has 1 aliphatic rings. The van der Waals surface area contributed by atoms with Gasteiger partial charge < -0.3 is 14.8 Å². The molecule has 13 heteroatoms. The predicted octanol–water partition coefficient (Wildman–Crippen LogP) is 1.64. The average molecular weight is 471 g/mol. The first-order chi connectivity index (χ1) is 14.1. The van der Waals surface area contributed by atoms with Crippen molar-refractivity contribution in [3.05, 3.63) is 29.0 Å². The maximum atomic E-state index is 12.3. The van der Waals surface area contributed by atoms with Crippen LogP contribution in [0.3, 0.4) is 0 Å². The van der Waals surface area contributed by atoms with E-state index in [1.165, 1.54) is 4.90 Å². The van der Waals surface area contributed by atoms with E-state index in [2.05, 4.69) is 41.0 Å². The number of hydrogen-bond donors (Lipinski definition) is 3. The molecule has 2 aromatic rings. The number of hydrogen-bond acceptors (Lipinski definition) is 11. The molecule has 0 unspecified atom stereocenters. The summed E-state index contributed by atoms with van der Waals surface area (Å²) >= 11 is 3.51. The van der Waals surface area contributed by atoms with Gasteiger partial charge in [0.25, 0.3) is 0 Å². The van der Waals surface area contributed by atoms with Crippen LogP contribution in [0.15, 0.2) is 34.0 Å². The second-order valence-corrected chi connectivity index (χ2v) is 6.44. The third-order valence-corrected chi connectivity index (χ3v) is 4.58. The first kappa shape index (κ1) is 21.3. The van der Waals surface area contributed by atoms with Crippen LogP contribution >= 0.6 is 15.9 Å². The first-order valence-electron chi connectivity index (χ1n) is 8.60. The van der Waals surface area contributed by atoms with Gasteiger partial charge in [0.05, 0.1) is 54.0 Å². The average Bonchev–Trinajstić information content (AvgIpc) is 3.17. The number of anilines is 1. The van der Waals surface area contributed by atoms with Crippen LogP contribution in [0.2, 0.25) is 0 Å². The maximum absolute atomic E-state index is 12.3. The number of aliphatic imine (C=N–C) groups is 1. The lowest BCUT2D eigenvalue weighted by Crippen LogP contribution is -2.39. The Bertz CT molecular complexity index is 882. The maximum Gasteiger partial charge on any atom is 0.416 e. The van der Waals surface area contributed by atoms with E-state index in [0.717, 1.165) is 5.52 Å². The van der Waals surface area contributed by atoms with Gasteiger partial charge in [-0.2, -0.15) is 0 Å². The molecule has 0 atom stereocenters. The molecule has 2 heterocycles. The quantitative estimate of drug-likeness (QED) is 0.384. The van der Waals surface area contributed by atoms with Crippen molar-refractivity contribution in [1.29, 1.82) is 0 Å². The molecule has 0 fully saturated rings. The summed E-state index contributed by atoms with van der Waals surface area (Å²) in [4.78, 5) is 30.9. The fraction of sp³-hybridized carbons (Fsp3) is 0.375. The molecule has 12 nitrogen and oxygen atoms in total. The van der Waals surface area contributed by atoms with Gasteiger partial charge in [-0.1, -0.05) is 0 Å². The zero-order valence-electron chi connectivity index (χ0n) is 15.2. The second kappa shape index (κ2) is 10.4. The van der Waals surface area contributed by atoms with E-state index >= 15 is 0 Å². The molecule has 1 aliphatic heterocycles. The monoisotopic (exact) mass is 470 g/mol. The molecule has 1 amide bonds. The number of rotatable bonds is 8. The van der Waals surface area contributed by atoms with Crippen molar-refractivity contribution in [2.24, 2.45) is 4.99 Å². The summed E-state index contributed by atoms with van der Waals surface area (Å²) < 4.78 is 11.0. The Kier molecular flexibility index (Phi) is 7.62. The molecule has 0 saturated heterocycles. The van der Waals surface area contributed by atoms with Crippen molar-refractivity contribution in [3.63, 3.8) is 0 Å². The minimum atomic E-state index is -0.554. The molecule has 0 saturated carbocycles. The highest BCUT2D eigenvalue weighted by Gasteiger charge is 2.26. The largest absolute Gasteiger partial charge is 0.447 e. The van der Waals surface area contributed by atoms with E-state index in [4.69, 9.17) is 19.9 Å². The third-order valence-electron chi connectivity index (χ3n) is 3.77. The van der Waals surface area contributed by atoms with E-state index in [-0.39, 0.29) is 26.4 Å². The zero-order chi connectivity index (χ0) is 20.6. The van der Waals surface area contributed by atoms with E-state index in [0.29, 0.717) is 34.7 Å². The minimum Gasteiger partial charge on any atom is -0.447 e. The van der Waals surface area contributed by atoms with Gasteiger partial charge in [-0.3, -0.25) is 25.4 Å². The Labute approximate surface area is 173 Å². The number of halogens is 1. The highest BCUT2D eigenvalue weighted by Crippen LogP contribution is 2.29. The highest BCUT2D eigenvalue weighted by atomic mass is 79.9. The van der Waals surface area contributed by atoms with Crippen LogP contribution in [0.4, 0.5) is 10.5 Å². The number of nitrogens with one attached hydrogen (secondary N) is 1. The zero-order valence-corrected chi connectivity index (χ0v) is 16.8. The number of amides is 1. The SMILES string of the molecule is O=C(OCCOCCON(O)O)N1CCN=C1Nc1ccc2nccnc2c1Br. The Hall–Kier alpha value is -2.42. The van der Waals surface area contributed by atoms with Crippen molar-refractivity contribution < 1.29 is 29.5 Å². The highest BCUT2D eigenvalue weighted by molar-refractivity contribution is 9.10. The number of ether oxygens (including phenoxy) is 2. The number of carbonyl (C=O) groups excluding carboxylic acids is 1. The summed E-state index contributed by atoms with van der Waals surface area (Å²) in [6, 6.07) is 3.64. The van der Waals surface area contributed by atoms with Gasteiger partial charge >= 0.3 is 6.09 Å². The number of benzene rings is 1.